The van der Waals surface area contributed by atoms with E-state index in [4.69, 9.17) is 9.47 Å². The van der Waals surface area contributed by atoms with Gasteiger partial charge < -0.3 is 40.5 Å². The molecule has 2 amide bonds. The topological polar surface area (TPSA) is 158 Å². The molecule has 1 heterocycles. The van der Waals surface area contributed by atoms with Gasteiger partial charge in [0.2, 0.25) is 11.8 Å². The zero-order valence-corrected chi connectivity index (χ0v) is 39.8. The summed E-state index contributed by atoms with van der Waals surface area (Å²) >= 11 is 0. The summed E-state index contributed by atoms with van der Waals surface area (Å²) in [6.07, 6.45) is 34.3. The number of hydrogen-bond donors (Lipinski definition) is 6. The largest absolute Gasteiger partial charge is 0.394 e. The maximum Gasteiger partial charge on any atom is 0.244 e. The summed E-state index contributed by atoms with van der Waals surface area (Å²) in [5.74, 6) is 11.7. The highest BCUT2D eigenvalue weighted by Crippen LogP contribution is 2.22. The lowest BCUT2D eigenvalue weighted by Gasteiger charge is -2.39. The first-order chi connectivity index (χ1) is 30.3. The van der Waals surface area contributed by atoms with Crippen LogP contribution in [0.4, 0.5) is 0 Å². The van der Waals surface area contributed by atoms with Crippen molar-refractivity contribution in [1.29, 1.82) is 0 Å². The van der Waals surface area contributed by atoms with E-state index in [1.165, 1.54) is 148 Å². The van der Waals surface area contributed by atoms with E-state index in [0.717, 1.165) is 64.2 Å². The average Bonchev–Trinajstić information content (AvgIpc) is 3.27. The normalized spacial score (nSPS) is 19.0. The summed E-state index contributed by atoms with van der Waals surface area (Å²) in [5.41, 5.74) is 0. The number of rotatable bonds is 41. The summed E-state index contributed by atoms with van der Waals surface area (Å²) in [4.78, 5) is 26.2. The van der Waals surface area contributed by atoms with E-state index in [1.54, 1.807) is 0 Å². The van der Waals surface area contributed by atoms with Crippen molar-refractivity contribution in [2.24, 2.45) is 0 Å². The molecule has 360 valence electrons. The van der Waals surface area contributed by atoms with Gasteiger partial charge in [0.15, 0.2) is 6.29 Å². The average molecular weight is 875 g/mol. The third-order valence-electron chi connectivity index (χ3n) is 12.1. The van der Waals surface area contributed by atoms with Gasteiger partial charge in [-0.1, -0.05) is 205 Å². The van der Waals surface area contributed by atoms with Crippen LogP contribution in [0.15, 0.2) is 0 Å². The molecule has 10 nitrogen and oxygen atoms in total. The summed E-state index contributed by atoms with van der Waals surface area (Å²) < 4.78 is 11.1. The molecule has 0 spiro atoms. The quantitative estimate of drug-likeness (QED) is 0.0262. The fourth-order valence-electron chi connectivity index (χ4n) is 7.97. The molecule has 0 radical (unpaired) electrons. The highest BCUT2D eigenvalue weighted by molar-refractivity contribution is 5.87. The minimum atomic E-state index is -1.60. The van der Waals surface area contributed by atoms with E-state index < -0.39 is 49.3 Å². The second-order valence-electron chi connectivity index (χ2n) is 17.9. The monoisotopic (exact) mass is 875 g/mol. The molecular formula is C52H94N2O8. The Hall–Kier alpha value is -2.18. The number of carbonyl (C=O) groups excluding carboxylic acids is 2. The Kier molecular flexibility index (Phi) is 39.9. The maximum atomic E-state index is 13.2. The molecule has 0 aromatic heterocycles. The van der Waals surface area contributed by atoms with Crippen LogP contribution in [-0.4, -0.2) is 88.7 Å². The number of hydrogen-bond acceptors (Lipinski definition) is 8. The Bertz CT molecular complexity index is 1180. The zero-order valence-electron chi connectivity index (χ0n) is 39.8. The lowest BCUT2D eigenvalue weighted by Crippen LogP contribution is -2.60. The van der Waals surface area contributed by atoms with Gasteiger partial charge in [-0.25, -0.2) is 0 Å². The van der Waals surface area contributed by atoms with Crippen LogP contribution in [-0.2, 0) is 19.1 Å². The maximum absolute atomic E-state index is 13.2. The smallest absolute Gasteiger partial charge is 0.244 e. The van der Waals surface area contributed by atoms with Crippen molar-refractivity contribution in [3.8, 4) is 23.7 Å². The van der Waals surface area contributed by atoms with Crippen molar-refractivity contribution in [2.75, 3.05) is 19.8 Å². The molecule has 62 heavy (non-hydrogen) atoms. The first-order valence-electron chi connectivity index (χ1n) is 25.8. The van der Waals surface area contributed by atoms with Gasteiger partial charge in [-0.2, -0.15) is 0 Å². The second-order valence-corrected chi connectivity index (χ2v) is 17.9. The fraction of sp³-hybridized carbons (Fsp3) is 0.885. The van der Waals surface area contributed by atoms with Crippen LogP contribution in [0.25, 0.3) is 0 Å². The standard InChI is InChI=1S/C52H94N2O8/c1-3-5-7-9-11-13-15-17-19-21-22-23-24-25-26-27-29-31-33-35-37-39-41-47(56)54-45(44-61-52-50(59)49(58)48(57)46(43-55)62-52)51(60)53-42-40-38-36-34-32-30-28-20-18-16-14-12-10-8-6-4-2/h45-46,48-50,52,55,57-59H,3-22,27-44H2,1-2H3,(H,53,60)(H,54,56)/t45?,46-,48+,49+,50-,52-/m1/s1. The second kappa shape index (κ2) is 42.8. The number of carbonyl (C=O) groups is 2. The summed E-state index contributed by atoms with van der Waals surface area (Å²) in [5, 5.41) is 46.0. The highest BCUT2D eigenvalue weighted by atomic mass is 16.7. The van der Waals surface area contributed by atoms with Gasteiger partial charge in [-0.3, -0.25) is 9.59 Å². The lowest BCUT2D eigenvalue weighted by molar-refractivity contribution is -0.301. The lowest BCUT2D eigenvalue weighted by atomic mass is 9.99. The van der Waals surface area contributed by atoms with Gasteiger partial charge in [0, 0.05) is 25.8 Å². The van der Waals surface area contributed by atoms with Crippen LogP contribution in [0.3, 0.4) is 0 Å². The Morgan fingerprint density at radius 1 is 0.548 bits per heavy atom. The van der Waals surface area contributed by atoms with Gasteiger partial charge in [0.05, 0.1) is 13.2 Å². The molecule has 1 fully saturated rings. The van der Waals surface area contributed by atoms with Crippen molar-refractivity contribution < 1.29 is 39.5 Å². The van der Waals surface area contributed by atoms with E-state index in [2.05, 4.69) is 48.2 Å². The number of unbranched alkanes of at least 4 members (excludes halogenated alkanes) is 31. The predicted molar refractivity (Wildman–Crippen MR) is 253 cm³/mol. The molecule has 0 bridgehead atoms. The summed E-state index contributed by atoms with van der Waals surface area (Å²) in [7, 11) is 0. The summed E-state index contributed by atoms with van der Waals surface area (Å²) in [6.45, 7) is 4.10. The van der Waals surface area contributed by atoms with Crippen LogP contribution in [0.1, 0.15) is 239 Å². The third-order valence-corrected chi connectivity index (χ3v) is 12.1. The minimum Gasteiger partial charge on any atom is -0.394 e. The van der Waals surface area contributed by atoms with Crippen molar-refractivity contribution >= 4 is 11.8 Å². The van der Waals surface area contributed by atoms with Crippen LogP contribution in [0.2, 0.25) is 0 Å². The number of aliphatic hydroxyl groups is 4. The Balaban J connectivity index is 2.28. The minimum absolute atomic E-state index is 0.269. The first-order valence-corrected chi connectivity index (χ1v) is 25.8. The molecule has 0 aromatic carbocycles. The van der Waals surface area contributed by atoms with E-state index in [0.29, 0.717) is 13.0 Å². The van der Waals surface area contributed by atoms with Crippen LogP contribution >= 0.6 is 0 Å². The SMILES string of the molecule is CCCCCCCCCCCCC#CC#CCCCCCCCCC(=O)NC(CO[C@@H]1O[C@H](CO)[C@H](O)[C@H](O)[C@H]1O)C(=O)NCCCCCCCCCCCCCCCCCC. The van der Waals surface area contributed by atoms with Crippen LogP contribution in [0, 0.1) is 23.7 Å². The molecule has 6 N–H and O–H groups in total. The highest BCUT2D eigenvalue weighted by Gasteiger charge is 2.44. The zero-order chi connectivity index (χ0) is 45.1. The molecule has 10 heteroatoms. The number of ether oxygens (including phenoxy) is 2. The molecule has 1 saturated heterocycles. The molecule has 6 atom stereocenters. The fourth-order valence-corrected chi connectivity index (χ4v) is 7.97. The van der Waals surface area contributed by atoms with Gasteiger partial charge in [0.1, 0.15) is 30.5 Å². The van der Waals surface area contributed by atoms with Crippen molar-refractivity contribution in [3.05, 3.63) is 0 Å². The molecule has 1 unspecified atom stereocenters. The molecule has 1 rings (SSSR count). The third kappa shape index (κ3) is 32.5. The van der Waals surface area contributed by atoms with Crippen LogP contribution < -0.4 is 10.6 Å². The molecule has 0 saturated carbocycles. The van der Waals surface area contributed by atoms with Crippen molar-refractivity contribution in [3.63, 3.8) is 0 Å². The summed E-state index contributed by atoms with van der Waals surface area (Å²) in [6, 6.07) is -1.04. The van der Waals surface area contributed by atoms with Gasteiger partial charge in [-0.15, -0.1) is 0 Å². The van der Waals surface area contributed by atoms with Crippen molar-refractivity contribution in [1.82, 2.24) is 10.6 Å². The van der Waals surface area contributed by atoms with E-state index in [1.807, 2.05) is 0 Å². The molecule has 0 aromatic rings. The van der Waals surface area contributed by atoms with Crippen molar-refractivity contribution in [2.45, 2.75) is 275 Å². The molecular weight excluding hydrogens is 781 g/mol. The van der Waals surface area contributed by atoms with E-state index in [9.17, 15) is 30.0 Å². The molecule has 0 aliphatic carbocycles. The Labute approximate surface area is 379 Å². The van der Waals surface area contributed by atoms with Gasteiger partial charge >= 0.3 is 0 Å². The Morgan fingerprint density at radius 3 is 1.39 bits per heavy atom. The molecule has 1 aliphatic rings. The van der Waals surface area contributed by atoms with E-state index >= 15 is 0 Å². The number of amides is 2. The first kappa shape index (κ1) is 57.8. The van der Waals surface area contributed by atoms with Gasteiger partial charge in [0.25, 0.3) is 0 Å². The Morgan fingerprint density at radius 2 is 0.952 bits per heavy atom. The number of nitrogens with one attached hydrogen (secondary N) is 2. The van der Waals surface area contributed by atoms with E-state index in [-0.39, 0.29) is 18.9 Å². The molecule has 1 aliphatic heterocycles. The van der Waals surface area contributed by atoms with Crippen LogP contribution in [0.5, 0.6) is 0 Å². The van der Waals surface area contributed by atoms with Gasteiger partial charge in [-0.05, 0) is 37.5 Å². The number of aliphatic hydroxyl groups excluding tert-OH is 4. The predicted octanol–water partition coefficient (Wildman–Crippen LogP) is 10.1.